The Morgan fingerprint density at radius 1 is 1.20 bits per heavy atom. The van der Waals surface area contributed by atoms with Crippen molar-refractivity contribution in [3.8, 4) is 5.75 Å². The number of ether oxygens (including phenoxy) is 1. The zero-order valence-corrected chi connectivity index (χ0v) is 24.3. The molecule has 1 aliphatic rings. The Hall–Kier alpha value is -3.94. The Morgan fingerprint density at radius 3 is 2.56 bits per heavy atom. The molecule has 13 heteroatoms. The molecular formula is C28H36N6O6S. The van der Waals surface area contributed by atoms with E-state index in [0.717, 1.165) is 0 Å². The van der Waals surface area contributed by atoms with Gasteiger partial charge in [0.15, 0.2) is 5.03 Å². The van der Waals surface area contributed by atoms with Gasteiger partial charge in [0, 0.05) is 49.7 Å². The second-order valence-electron chi connectivity index (χ2n) is 10.3. The minimum Gasteiger partial charge on any atom is -0.488 e. The van der Waals surface area contributed by atoms with E-state index in [1.807, 2.05) is 25.1 Å². The van der Waals surface area contributed by atoms with Gasteiger partial charge in [-0.15, -0.1) is 0 Å². The van der Waals surface area contributed by atoms with E-state index in [1.54, 1.807) is 53.8 Å². The minimum absolute atomic E-state index is 0.00542. The van der Waals surface area contributed by atoms with Crippen LogP contribution in [0.5, 0.6) is 5.75 Å². The third kappa shape index (κ3) is 7.23. The number of fused-ring (bicyclic) bond motifs is 1. The number of aromatic nitrogens is 2. The molecule has 3 N–H and O–H groups in total. The first-order chi connectivity index (χ1) is 19.5. The fraction of sp³-hybridized carbons (Fsp3) is 0.393. The molecule has 0 saturated carbocycles. The molecule has 220 valence electrons. The molecule has 3 atom stereocenters. The number of nitrogens with zero attached hydrogens (tertiary/aromatic N) is 4. The summed E-state index contributed by atoms with van der Waals surface area (Å²) in [6.07, 6.45) is 2.18. The van der Waals surface area contributed by atoms with Crippen molar-refractivity contribution in [2.75, 3.05) is 37.4 Å². The van der Waals surface area contributed by atoms with E-state index in [-0.39, 0.29) is 43.0 Å². The van der Waals surface area contributed by atoms with Gasteiger partial charge in [0.2, 0.25) is 5.91 Å². The molecule has 3 amide bonds. The van der Waals surface area contributed by atoms with E-state index >= 15 is 0 Å². The number of para-hydroxylation sites is 1. The van der Waals surface area contributed by atoms with Crippen LogP contribution in [0.3, 0.4) is 0 Å². The third-order valence-electron chi connectivity index (χ3n) is 7.00. The van der Waals surface area contributed by atoms with E-state index in [1.165, 1.54) is 23.9 Å². The summed E-state index contributed by atoms with van der Waals surface area (Å²) in [7, 11) is -0.741. The number of aliphatic hydroxyl groups excluding tert-OH is 1. The lowest BCUT2D eigenvalue weighted by Gasteiger charge is -2.33. The molecule has 0 saturated heterocycles. The number of likely N-dealkylation sites (N-methyl/N-ethyl adjacent to an activating group) is 1. The van der Waals surface area contributed by atoms with Crippen LogP contribution in [0.25, 0.3) is 0 Å². The maximum Gasteiger partial charge on any atom is 0.323 e. The first kappa shape index (κ1) is 30.0. The number of carbonyl (C=O) groups is 2. The average molecular weight is 585 g/mol. The number of aliphatic hydroxyl groups is 1. The van der Waals surface area contributed by atoms with Crippen LogP contribution in [0.15, 0.2) is 66.1 Å². The largest absolute Gasteiger partial charge is 0.488 e. The molecule has 4 rings (SSSR count). The predicted octanol–water partition coefficient (Wildman–Crippen LogP) is 2.53. The van der Waals surface area contributed by atoms with Crippen molar-refractivity contribution in [2.45, 2.75) is 37.4 Å². The summed E-state index contributed by atoms with van der Waals surface area (Å²) in [6, 6.07) is 13.1. The summed E-state index contributed by atoms with van der Waals surface area (Å²) in [6.45, 7) is 3.65. The number of hydrogen-bond donors (Lipinski definition) is 3. The molecule has 0 unspecified atom stereocenters. The molecule has 12 nitrogen and oxygen atoms in total. The summed E-state index contributed by atoms with van der Waals surface area (Å²) >= 11 is 0. The number of sulfonamides is 1. The van der Waals surface area contributed by atoms with E-state index < -0.39 is 28.2 Å². The molecule has 1 aliphatic heterocycles. The fourth-order valence-corrected chi connectivity index (χ4v) is 5.72. The highest BCUT2D eigenvalue weighted by atomic mass is 32.2. The molecule has 0 spiro atoms. The summed E-state index contributed by atoms with van der Waals surface area (Å²) in [4.78, 5) is 31.6. The van der Waals surface area contributed by atoms with Crippen LogP contribution in [-0.2, 0) is 28.3 Å². The van der Waals surface area contributed by atoms with Crippen LogP contribution < -0.4 is 15.4 Å². The average Bonchev–Trinajstić information content (AvgIpc) is 3.40. The van der Waals surface area contributed by atoms with Crippen molar-refractivity contribution in [3.05, 3.63) is 66.6 Å². The van der Waals surface area contributed by atoms with Crippen molar-refractivity contribution < 1.29 is 27.9 Å². The zero-order valence-electron chi connectivity index (χ0n) is 23.5. The molecule has 0 radical (unpaired) electrons. The number of carbonyl (C=O) groups excluding carboxylic acids is 2. The second-order valence-corrected chi connectivity index (χ2v) is 12.3. The van der Waals surface area contributed by atoms with Crippen LogP contribution in [0.2, 0.25) is 0 Å². The SMILES string of the molecule is C[C@H](CO)N1C[C@H](C)[C@H](CN(C)S(=O)(=O)c2cn(C)cn2)Oc2ccc(NC(=O)Nc3ccccc3)cc2CC1=O. The lowest BCUT2D eigenvalue weighted by molar-refractivity contribution is -0.134. The highest BCUT2D eigenvalue weighted by Gasteiger charge is 2.34. The molecule has 41 heavy (non-hydrogen) atoms. The van der Waals surface area contributed by atoms with Gasteiger partial charge in [0.25, 0.3) is 10.0 Å². The van der Waals surface area contributed by atoms with E-state index in [0.29, 0.717) is 22.7 Å². The molecule has 0 bridgehead atoms. The molecule has 0 fully saturated rings. The summed E-state index contributed by atoms with van der Waals surface area (Å²) in [5.74, 6) is -0.106. The fourth-order valence-electron chi connectivity index (χ4n) is 4.57. The molecule has 3 aromatic rings. The monoisotopic (exact) mass is 584 g/mol. The molecular weight excluding hydrogens is 548 g/mol. The maximum atomic E-state index is 13.4. The number of rotatable bonds is 8. The van der Waals surface area contributed by atoms with Gasteiger partial charge in [-0.25, -0.2) is 18.2 Å². The minimum atomic E-state index is -3.89. The first-order valence-electron chi connectivity index (χ1n) is 13.2. The lowest BCUT2D eigenvalue weighted by atomic mass is 10.0. The van der Waals surface area contributed by atoms with Gasteiger partial charge in [0.1, 0.15) is 11.9 Å². The quantitative estimate of drug-likeness (QED) is 0.369. The van der Waals surface area contributed by atoms with Gasteiger partial charge >= 0.3 is 6.03 Å². The van der Waals surface area contributed by atoms with Gasteiger partial charge in [-0.1, -0.05) is 25.1 Å². The Labute approximate surface area is 240 Å². The first-order valence-corrected chi connectivity index (χ1v) is 14.7. The van der Waals surface area contributed by atoms with Crippen LogP contribution in [0, 0.1) is 5.92 Å². The Balaban J connectivity index is 1.62. The number of urea groups is 1. The number of hydrogen-bond acceptors (Lipinski definition) is 7. The number of amides is 3. The topological polar surface area (TPSA) is 146 Å². The number of aryl methyl sites for hydroxylation is 1. The van der Waals surface area contributed by atoms with Crippen molar-refractivity contribution in [3.63, 3.8) is 0 Å². The van der Waals surface area contributed by atoms with Gasteiger partial charge in [-0.2, -0.15) is 4.31 Å². The van der Waals surface area contributed by atoms with E-state index in [2.05, 4.69) is 15.6 Å². The highest BCUT2D eigenvalue weighted by molar-refractivity contribution is 7.89. The van der Waals surface area contributed by atoms with Gasteiger partial charge in [0.05, 0.1) is 31.9 Å². The van der Waals surface area contributed by atoms with E-state index in [4.69, 9.17) is 4.74 Å². The number of anilines is 2. The smallest absolute Gasteiger partial charge is 0.323 e. The van der Waals surface area contributed by atoms with Gasteiger partial charge in [-0.05, 0) is 37.3 Å². The van der Waals surface area contributed by atoms with Crippen LogP contribution in [0.4, 0.5) is 16.2 Å². The van der Waals surface area contributed by atoms with Gasteiger partial charge < -0.3 is 29.9 Å². The summed E-state index contributed by atoms with van der Waals surface area (Å²) in [5.41, 5.74) is 1.60. The molecule has 1 aromatic heterocycles. The standard InChI is InChI=1S/C28H36N6O6S/c1-19-14-34(20(2)17-35)27(36)13-21-12-23(31-28(37)30-22-8-6-5-7-9-22)10-11-24(21)40-25(19)15-33(4)41(38,39)26-16-32(3)18-29-26/h5-12,16,18-20,25,35H,13-15,17H2,1-4H3,(H2,30,31,37)/t19-,20+,25-/m0/s1. The van der Waals surface area contributed by atoms with Crippen molar-refractivity contribution in [2.24, 2.45) is 13.0 Å². The Morgan fingerprint density at radius 2 is 1.90 bits per heavy atom. The Bertz CT molecular complexity index is 1480. The second kappa shape index (κ2) is 12.7. The number of nitrogens with one attached hydrogen (secondary N) is 2. The molecule has 2 aromatic carbocycles. The van der Waals surface area contributed by atoms with Crippen molar-refractivity contribution >= 4 is 33.3 Å². The normalized spacial score (nSPS) is 18.5. The van der Waals surface area contributed by atoms with Crippen molar-refractivity contribution in [1.82, 2.24) is 18.8 Å². The summed E-state index contributed by atoms with van der Waals surface area (Å²) in [5, 5.41) is 15.3. The van der Waals surface area contributed by atoms with E-state index in [9.17, 15) is 23.1 Å². The third-order valence-corrected chi connectivity index (χ3v) is 8.71. The predicted molar refractivity (Wildman–Crippen MR) is 154 cm³/mol. The van der Waals surface area contributed by atoms with Crippen LogP contribution in [-0.4, -0.2) is 83.1 Å². The Kier molecular flexibility index (Phi) is 9.31. The number of imidazole rings is 1. The van der Waals surface area contributed by atoms with Gasteiger partial charge in [-0.3, -0.25) is 4.79 Å². The summed E-state index contributed by atoms with van der Waals surface area (Å²) < 4.78 is 35.5. The number of benzene rings is 2. The van der Waals surface area contributed by atoms with Crippen LogP contribution in [0.1, 0.15) is 19.4 Å². The maximum absolute atomic E-state index is 13.4. The van der Waals surface area contributed by atoms with Crippen LogP contribution >= 0.6 is 0 Å². The molecule has 0 aliphatic carbocycles. The zero-order chi connectivity index (χ0) is 29.7. The lowest BCUT2D eigenvalue weighted by Crippen LogP contribution is -2.48. The highest BCUT2D eigenvalue weighted by Crippen LogP contribution is 2.30. The van der Waals surface area contributed by atoms with Crippen molar-refractivity contribution in [1.29, 1.82) is 0 Å². The molecule has 2 heterocycles.